The summed E-state index contributed by atoms with van der Waals surface area (Å²) < 4.78 is 3.34. The molecule has 0 aliphatic carbocycles. The molecule has 0 bridgehead atoms. The van der Waals surface area contributed by atoms with Crippen LogP contribution in [0.15, 0.2) is 84.9 Å². The summed E-state index contributed by atoms with van der Waals surface area (Å²) in [6, 6.07) is 29.7. The quantitative estimate of drug-likeness (QED) is 0.133. The molecule has 0 saturated heterocycles. The summed E-state index contributed by atoms with van der Waals surface area (Å²) in [7, 11) is 0. The fraction of sp³-hybridized carbons (Fsp3) is 0.0690. The van der Waals surface area contributed by atoms with E-state index in [-0.39, 0.29) is 24.8 Å². The Morgan fingerprint density at radius 3 is 1.38 bits per heavy atom. The Balaban J connectivity index is 0.000000212. The van der Waals surface area contributed by atoms with Crippen LogP contribution in [0.1, 0.15) is 11.1 Å². The van der Waals surface area contributed by atoms with E-state index in [0.29, 0.717) is 0 Å². The van der Waals surface area contributed by atoms with Crippen LogP contribution in [0.25, 0.3) is 42.9 Å². The van der Waals surface area contributed by atoms with Gasteiger partial charge in [-0.1, -0.05) is 0 Å². The van der Waals surface area contributed by atoms with Gasteiger partial charge in [0.05, 0.1) is 0 Å². The molecule has 34 heavy (non-hydrogen) atoms. The summed E-state index contributed by atoms with van der Waals surface area (Å²) in [6.07, 6.45) is 0. The SMILES string of the molecule is Cc1c2b[c-]ccc2cc2ccccc12.Cc1c2b[c-]ccc2cc2ccccc12.Cl.Cl.[CH2]=[Zr+2]. The van der Waals surface area contributed by atoms with E-state index in [0.717, 1.165) is 0 Å². The molecule has 2 aromatic heterocycles. The predicted molar refractivity (Wildman–Crippen MR) is 154 cm³/mol. The van der Waals surface area contributed by atoms with E-state index in [4.69, 9.17) is 0 Å². The summed E-state index contributed by atoms with van der Waals surface area (Å²) in [5.41, 5.74) is 2.69. The van der Waals surface area contributed by atoms with Crippen LogP contribution < -0.4 is 0 Å². The topological polar surface area (TPSA) is 0 Å². The van der Waals surface area contributed by atoms with Crippen molar-refractivity contribution in [3.8, 4) is 0 Å². The number of rotatable bonds is 0. The van der Waals surface area contributed by atoms with Crippen LogP contribution >= 0.6 is 24.8 Å². The molecule has 0 atom stereocenters. The van der Waals surface area contributed by atoms with E-state index in [1.54, 1.807) is 0 Å². The molecule has 0 saturated carbocycles. The summed E-state index contributed by atoms with van der Waals surface area (Å²) in [5.74, 6) is 6.28. The van der Waals surface area contributed by atoms with Crippen molar-refractivity contribution in [3.63, 3.8) is 0 Å². The molecule has 0 aliphatic rings. The maximum absolute atomic E-state index is 3.34. The Morgan fingerprint density at radius 1 is 0.588 bits per heavy atom. The van der Waals surface area contributed by atoms with Crippen molar-refractivity contribution >= 4 is 85.7 Å². The van der Waals surface area contributed by atoms with Crippen LogP contribution in [0.2, 0.25) is 0 Å². The second kappa shape index (κ2) is 13.2. The second-order valence-corrected chi connectivity index (χ2v) is 7.74. The number of aryl methyl sites for hydroxylation is 2. The van der Waals surface area contributed by atoms with E-state index >= 15 is 0 Å². The van der Waals surface area contributed by atoms with E-state index < -0.39 is 0 Å². The van der Waals surface area contributed by atoms with Gasteiger partial charge < -0.3 is 0 Å². The van der Waals surface area contributed by atoms with Gasteiger partial charge in [-0.15, -0.1) is 24.8 Å². The molecular formula is C29H24B2Cl2Zr. The third-order valence-electron chi connectivity index (χ3n) is 5.96. The van der Waals surface area contributed by atoms with Crippen LogP contribution in [0.5, 0.6) is 0 Å². The molecule has 0 aliphatic heterocycles. The Morgan fingerprint density at radius 2 is 0.971 bits per heavy atom. The molecule has 0 N–H and O–H groups in total. The molecule has 0 radical (unpaired) electrons. The second-order valence-electron chi connectivity index (χ2n) is 7.74. The average molecular weight is 556 g/mol. The zero-order chi connectivity index (χ0) is 22.5. The molecular weight excluding hydrogens is 532 g/mol. The number of hydrogen-bond acceptors (Lipinski definition) is 0. The van der Waals surface area contributed by atoms with Crippen LogP contribution in [0, 0.1) is 25.8 Å². The zero-order valence-corrected chi connectivity index (χ0v) is 23.4. The third kappa shape index (κ3) is 5.83. The van der Waals surface area contributed by atoms with Gasteiger partial charge in [-0.25, -0.2) is 0 Å². The van der Waals surface area contributed by atoms with Crippen LogP contribution in [0.3, 0.4) is 0 Å². The fourth-order valence-electron chi connectivity index (χ4n) is 4.34. The van der Waals surface area contributed by atoms with Crippen molar-refractivity contribution in [2.24, 2.45) is 0 Å². The summed E-state index contributed by atoms with van der Waals surface area (Å²) in [5, 5.41) is 10.5. The minimum atomic E-state index is 0. The zero-order valence-electron chi connectivity index (χ0n) is 19.3. The van der Waals surface area contributed by atoms with Gasteiger partial charge >= 0.3 is 207 Å². The first-order valence-corrected chi connectivity index (χ1v) is 12.4. The number of fused-ring (bicyclic) bond motifs is 4. The normalized spacial score (nSPS) is 9.65. The van der Waals surface area contributed by atoms with Gasteiger partial charge in [0, 0.05) is 0 Å². The molecule has 6 aromatic rings. The molecule has 0 unspecified atom stereocenters. The Kier molecular flexibility index (Phi) is 11.0. The van der Waals surface area contributed by atoms with Gasteiger partial charge in [-0.3, -0.25) is 0 Å². The Hall–Kier alpha value is -1.92. The number of hydrogen-bond donors (Lipinski definition) is 0. The molecule has 6 rings (SSSR count). The van der Waals surface area contributed by atoms with E-state index in [1.807, 2.05) is 12.1 Å². The molecule has 0 nitrogen and oxygen atoms in total. The molecule has 2 heterocycles. The van der Waals surface area contributed by atoms with Gasteiger partial charge in [0.25, 0.3) is 0 Å². The summed E-state index contributed by atoms with van der Waals surface area (Å²) >= 11 is 1.30. The van der Waals surface area contributed by atoms with Crippen molar-refractivity contribution in [2.45, 2.75) is 13.8 Å². The van der Waals surface area contributed by atoms with Crippen molar-refractivity contribution < 1.29 is 24.2 Å². The number of benzene rings is 4. The van der Waals surface area contributed by atoms with Crippen molar-refractivity contribution in [1.82, 2.24) is 0 Å². The molecule has 164 valence electrons. The summed E-state index contributed by atoms with van der Waals surface area (Å²) in [4.78, 5) is 0. The first kappa shape index (κ1) is 28.3. The van der Waals surface area contributed by atoms with Crippen LogP contribution in [0.4, 0.5) is 0 Å². The monoisotopic (exact) mass is 554 g/mol. The van der Waals surface area contributed by atoms with E-state index in [1.165, 1.54) is 78.2 Å². The molecule has 5 heteroatoms. The van der Waals surface area contributed by atoms with Crippen molar-refractivity contribution in [1.29, 1.82) is 0 Å². The third-order valence-corrected chi connectivity index (χ3v) is 5.96. The molecule has 0 fully saturated rings. The fourth-order valence-corrected chi connectivity index (χ4v) is 4.34. The Labute approximate surface area is 230 Å². The number of halogens is 2. The molecule has 4 aromatic carbocycles. The molecule has 0 spiro atoms. The van der Waals surface area contributed by atoms with Gasteiger partial charge in [0.15, 0.2) is 0 Å². The first-order chi connectivity index (χ1) is 15.7. The standard InChI is InChI=1S/2C14H10B.CH2.2ClH.Zr/c2*1-10-13-7-3-2-5-11(13)9-12-6-4-8-15-14(10)12;;;;/h2*2-7,9H,1H3;1H2;2*1H;/q2*-1;;;;+2. The van der Waals surface area contributed by atoms with E-state index in [2.05, 4.69) is 117 Å². The minimum absolute atomic E-state index is 0. The van der Waals surface area contributed by atoms with Gasteiger partial charge in [-0.05, 0) is 0 Å². The Bertz CT molecular complexity index is 1330. The van der Waals surface area contributed by atoms with E-state index in [9.17, 15) is 0 Å². The van der Waals surface area contributed by atoms with Crippen LogP contribution in [-0.4, -0.2) is 18.0 Å². The molecule has 0 amide bonds. The summed E-state index contributed by atoms with van der Waals surface area (Å²) in [6.45, 7) is 8.49. The van der Waals surface area contributed by atoms with Crippen LogP contribution in [-0.2, 0) is 24.2 Å². The maximum atomic E-state index is 3.34. The average Bonchev–Trinajstić information content (AvgIpc) is 2.86. The van der Waals surface area contributed by atoms with Gasteiger partial charge in [0.2, 0.25) is 0 Å². The van der Waals surface area contributed by atoms with Crippen molar-refractivity contribution in [2.75, 3.05) is 0 Å². The van der Waals surface area contributed by atoms with Gasteiger partial charge in [-0.2, -0.15) is 0 Å². The first-order valence-electron chi connectivity index (χ1n) is 10.6. The predicted octanol–water partition coefficient (Wildman–Crippen LogP) is 7.69. The van der Waals surface area contributed by atoms with Crippen molar-refractivity contribution in [3.05, 3.63) is 108 Å². The van der Waals surface area contributed by atoms with Gasteiger partial charge in [0.1, 0.15) is 0 Å².